The monoisotopic (exact) mass is 315 g/mol. The van der Waals surface area contributed by atoms with E-state index in [9.17, 15) is 0 Å². The second-order valence-corrected chi connectivity index (χ2v) is 6.93. The Morgan fingerprint density at radius 3 is 2.74 bits per heavy atom. The Hall–Kier alpha value is -1.55. The van der Waals surface area contributed by atoms with Crippen molar-refractivity contribution >= 4 is 5.96 Å². The second kappa shape index (κ2) is 7.35. The van der Waals surface area contributed by atoms with Crippen molar-refractivity contribution in [3.8, 4) is 0 Å². The molecule has 1 unspecified atom stereocenters. The maximum atomic E-state index is 5.49. The number of hydrogen-bond acceptors (Lipinski definition) is 2. The van der Waals surface area contributed by atoms with Crippen molar-refractivity contribution in [3.05, 3.63) is 35.9 Å². The first-order chi connectivity index (χ1) is 11.2. The third-order valence-electron chi connectivity index (χ3n) is 5.02. The highest BCUT2D eigenvalue weighted by Crippen LogP contribution is 2.48. The first-order valence-electron chi connectivity index (χ1n) is 8.86. The van der Waals surface area contributed by atoms with Crippen LogP contribution in [0.1, 0.15) is 31.7 Å². The van der Waals surface area contributed by atoms with Gasteiger partial charge in [-0.1, -0.05) is 30.3 Å². The molecule has 1 heterocycles. The minimum absolute atomic E-state index is 0.277. The summed E-state index contributed by atoms with van der Waals surface area (Å²) in [5.74, 6) is 1.66. The predicted molar refractivity (Wildman–Crippen MR) is 94.9 cm³/mol. The third kappa shape index (κ3) is 4.05. The van der Waals surface area contributed by atoms with Gasteiger partial charge in [0.1, 0.15) is 0 Å². The standard InChI is InChI=1S/C19H29N3O/c1-3-20-18(22(2)13-16-9-12-23-14-16)21-15-19(10-11-19)17-7-5-4-6-8-17/h4-8,16H,3,9-15H2,1-2H3,(H,20,21). The average molecular weight is 315 g/mol. The molecule has 1 N–H and O–H groups in total. The summed E-state index contributed by atoms with van der Waals surface area (Å²) in [6.07, 6.45) is 3.66. The molecule has 0 aromatic heterocycles. The Balaban J connectivity index is 1.64. The summed E-state index contributed by atoms with van der Waals surface area (Å²) >= 11 is 0. The van der Waals surface area contributed by atoms with Gasteiger partial charge in [0.05, 0.1) is 13.2 Å². The minimum Gasteiger partial charge on any atom is -0.381 e. The Bertz CT molecular complexity index is 519. The molecule has 0 radical (unpaired) electrons. The highest BCUT2D eigenvalue weighted by Gasteiger charge is 2.44. The van der Waals surface area contributed by atoms with Crippen LogP contribution in [0.5, 0.6) is 0 Å². The normalized spacial score (nSPS) is 22.9. The van der Waals surface area contributed by atoms with Crippen molar-refractivity contribution in [2.45, 2.75) is 31.6 Å². The van der Waals surface area contributed by atoms with Gasteiger partial charge in [-0.15, -0.1) is 0 Å². The van der Waals surface area contributed by atoms with Gasteiger partial charge in [-0.2, -0.15) is 0 Å². The van der Waals surface area contributed by atoms with E-state index in [4.69, 9.17) is 9.73 Å². The summed E-state index contributed by atoms with van der Waals surface area (Å²) in [5.41, 5.74) is 1.71. The first-order valence-corrected chi connectivity index (χ1v) is 8.86. The van der Waals surface area contributed by atoms with Gasteiger partial charge in [-0.3, -0.25) is 4.99 Å². The van der Waals surface area contributed by atoms with Gasteiger partial charge >= 0.3 is 0 Å². The lowest BCUT2D eigenvalue weighted by Crippen LogP contribution is -2.42. The number of ether oxygens (including phenoxy) is 1. The van der Waals surface area contributed by atoms with Crippen LogP contribution in [0.2, 0.25) is 0 Å². The molecule has 2 fully saturated rings. The Labute approximate surface area is 139 Å². The van der Waals surface area contributed by atoms with Crippen LogP contribution in [0.3, 0.4) is 0 Å². The number of nitrogens with zero attached hydrogens (tertiary/aromatic N) is 2. The second-order valence-electron chi connectivity index (χ2n) is 6.93. The molecule has 1 atom stereocenters. The Morgan fingerprint density at radius 2 is 2.13 bits per heavy atom. The zero-order valence-electron chi connectivity index (χ0n) is 14.4. The molecule has 1 aromatic carbocycles. The summed E-state index contributed by atoms with van der Waals surface area (Å²) in [5, 5.41) is 3.44. The van der Waals surface area contributed by atoms with E-state index < -0.39 is 0 Å². The van der Waals surface area contributed by atoms with Gasteiger partial charge in [0.2, 0.25) is 0 Å². The topological polar surface area (TPSA) is 36.9 Å². The Morgan fingerprint density at radius 1 is 1.35 bits per heavy atom. The SMILES string of the molecule is CCNC(=NCC1(c2ccccc2)CC1)N(C)CC1CCOC1. The fourth-order valence-electron chi connectivity index (χ4n) is 3.38. The largest absolute Gasteiger partial charge is 0.381 e. The summed E-state index contributed by atoms with van der Waals surface area (Å²) in [7, 11) is 2.14. The molecule has 0 amide bonds. The van der Waals surface area contributed by atoms with Crippen LogP contribution in [0.4, 0.5) is 0 Å². The minimum atomic E-state index is 0.277. The van der Waals surface area contributed by atoms with Crippen LogP contribution < -0.4 is 5.32 Å². The van der Waals surface area contributed by atoms with Crippen LogP contribution in [0.15, 0.2) is 35.3 Å². The maximum absolute atomic E-state index is 5.49. The van der Waals surface area contributed by atoms with Crippen molar-refractivity contribution < 1.29 is 4.74 Å². The van der Waals surface area contributed by atoms with Crippen LogP contribution >= 0.6 is 0 Å². The molecule has 0 bridgehead atoms. The molecule has 4 nitrogen and oxygen atoms in total. The molecule has 1 aromatic rings. The number of aliphatic imine (C=N–C) groups is 1. The van der Waals surface area contributed by atoms with E-state index in [1.54, 1.807) is 0 Å². The number of nitrogens with one attached hydrogen (secondary N) is 1. The van der Waals surface area contributed by atoms with Crippen LogP contribution in [0, 0.1) is 5.92 Å². The lowest BCUT2D eigenvalue weighted by atomic mass is 9.96. The zero-order valence-corrected chi connectivity index (χ0v) is 14.4. The number of benzene rings is 1. The van der Waals surface area contributed by atoms with Crippen LogP contribution in [-0.4, -0.2) is 50.8 Å². The molecule has 1 saturated carbocycles. The smallest absolute Gasteiger partial charge is 0.193 e. The lowest BCUT2D eigenvalue weighted by molar-refractivity contribution is 0.181. The van der Waals surface area contributed by atoms with Crippen molar-refractivity contribution in [2.24, 2.45) is 10.9 Å². The molecule has 23 heavy (non-hydrogen) atoms. The van der Waals surface area contributed by atoms with Crippen LogP contribution in [-0.2, 0) is 10.2 Å². The van der Waals surface area contributed by atoms with Gasteiger partial charge in [-0.25, -0.2) is 0 Å². The van der Waals surface area contributed by atoms with Crippen LogP contribution in [0.25, 0.3) is 0 Å². The van der Waals surface area contributed by atoms with Gasteiger partial charge in [0.25, 0.3) is 0 Å². The van der Waals surface area contributed by atoms with Gasteiger partial charge in [0.15, 0.2) is 5.96 Å². The fraction of sp³-hybridized carbons (Fsp3) is 0.632. The van der Waals surface area contributed by atoms with E-state index in [2.05, 4.69) is 54.5 Å². The molecule has 126 valence electrons. The van der Waals surface area contributed by atoms with E-state index in [0.29, 0.717) is 5.92 Å². The highest BCUT2D eigenvalue weighted by atomic mass is 16.5. The van der Waals surface area contributed by atoms with Crippen molar-refractivity contribution in [2.75, 3.05) is 39.9 Å². The van der Waals surface area contributed by atoms with E-state index >= 15 is 0 Å². The third-order valence-corrected chi connectivity index (χ3v) is 5.02. The van der Waals surface area contributed by atoms with Crippen molar-refractivity contribution in [3.63, 3.8) is 0 Å². The van der Waals surface area contributed by atoms with E-state index in [0.717, 1.165) is 45.2 Å². The number of rotatable bonds is 6. The van der Waals surface area contributed by atoms with E-state index in [-0.39, 0.29) is 5.41 Å². The number of guanidine groups is 1. The highest BCUT2D eigenvalue weighted by molar-refractivity contribution is 5.79. The Kier molecular flexibility index (Phi) is 5.21. The summed E-state index contributed by atoms with van der Waals surface area (Å²) in [6.45, 7) is 6.73. The quantitative estimate of drug-likeness (QED) is 0.648. The van der Waals surface area contributed by atoms with Crippen molar-refractivity contribution in [1.82, 2.24) is 10.2 Å². The van der Waals surface area contributed by atoms with Crippen molar-refractivity contribution in [1.29, 1.82) is 0 Å². The summed E-state index contributed by atoms with van der Waals surface area (Å²) < 4.78 is 5.49. The maximum Gasteiger partial charge on any atom is 0.193 e. The fourth-order valence-corrected chi connectivity index (χ4v) is 3.38. The summed E-state index contributed by atoms with van der Waals surface area (Å²) in [4.78, 5) is 7.22. The van der Waals surface area contributed by atoms with Gasteiger partial charge in [-0.05, 0) is 31.7 Å². The molecular weight excluding hydrogens is 286 g/mol. The zero-order chi connectivity index (χ0) is 16.1. The number of hydrogen-bond donors (Lipinski definition) is 1. The molecule has 0 spiro atoms. The predicted octanol–water partition coefficient (Wildman–Crippen LogP) is 2.65. The molecular formula is C19H29N3O. The average Bonchev–Trinajstić information content (AvgIpc) is 3.20. The van der Waals surface area contributed by atoms with E-state index in [1.165, 1.54) is 18.4 Å². The van der Waals surface area contributed by atoms with E-state index in [1.807, 2.05) is 0 Å². The molecule has 2 aliphatic rings. The molecule has 4 heteroatoms. The molecule has 1 aliphatic carbocycles. The summed E-state index contributed by atoms with van der Waals surface area (Å²) in [6, 6.07) is 10.8. The lowest BCUT2D eigenvalue weighted by Gasteiger charge is -2.25. The molecule has 1 saturated heterocycles. The first kappa shape index (κ1) is 16.3. The van der Waals surface area contributed by atoms with Gasteiger partial charge < -0.3 is 15.0 Å². The molecule has 1 aliphatic heterocycles. The molecule has 3 rings (SSSR count). The van der Waals surface area contributed by atoms with Gasteiger partial charge in [0, 0.05) is 38.1 Å².